The van der Waals surface area contributed by atoms with Crippen LogP contribution in [0.1, 0.15) is 45.1 Å². The molecule has 0 fully saturated rings. The normalized spacial score (nSPS) is 12.1. The maximum Gasteiger partial charge on any atom is 0.255 e. The number of benzene rings is 1. The van der Waals surface area contributed by atoms with Crippen LogP contribution < -0.4 is 10.3 Å². The zero-order chi connectivity index (χ0) is 15.9. The van der Waals surface area contributed by atoms with Gasteiger partial charge in [-0.3, -0.25) is 9.36 Å². The van der Waals surface area contributed by atoms with E-state index in [1.807, 2.05) is 43.5 Å². The monoisotopic (exact) mass is 299 g/mol. The van der Waals surface area contributed by atoms with E-state index in [4.69, 9.17) is 4.74 Å². The Balaban J connectivity index is 2.04. The van der Waals surface area contributed by atoms with Crippen molar-refractivity contribution in [2.75, 3.05) is 0 Å². The van der Waals surface area contributed by atoms with E-state index in [2.05, 4.69) is 13.8 Å². The van der Waals surface area contributed by atoms with Gasteiger partial charge < -0.3 is 4.74 Å². The molecule has 1 heterocycles. The van der Waals surface area contributed by atoms with Gasteiger partial charge in [-0.1, -0.05) is 25.8 Å². The molecule has 2 rings (SSSR count). The molecule has 0 radical (unpaired) electrons. The van der Waals surface area contributed by atoms with Crippen molar-refractivity contribution in [3.05, 3.63) is 58.5 Å². The van der Waals surface area contributed by atoms with Gasteiger partial charge in [-0.2, -0.15) is 0 Å². The van der Waals surface area contributed by atoms with Gasteiger partial charge in [0, 0.05) is 18.0 Å². The smallest absolute Gasteiger partial charge is 0.255 e. The second-order valence-corrected chi connectivity index (χ2v) is 5.83. The molecule has 0 aliphatic heterocycles. The number of hydrogen-bond acceptors (Lipinski definition) is 2. The van der Waals surface area contributed by atoms with E-state index < -0.39 is 0 Å². The van der Waals surface area contributed by atoms with Crippen molar-refractivity contribution in [1.29, 1.82) is 0 Å². The van der Waals surface area contributed by atoms with Crippen LogP contribution in [0.3, 0.4) is 0 Å². The Morgan fingerprint density at radius 3 is 2.50 bits per heavy atom. The van der Waals surface area contributed by atoms with Crippen LogP contribution in [-0.4, -0.2) is 10.7 Å². The van der Waals surface area contributed by atoms with E-state index in [9.17, 15) is 4.79 Å². The number of rotatable bonds is 7. The molecule has 1 atom stereocenters. The zero-order valence-electron chi connectivity index (χ0n) is 13.7. The average molecular weight is 299 g/mol. The van der Waals surface area contributed by atoms with Crippen LogP contribution in [0.4, 0.5) is 0 Å². The summed E-state index contributed by atoms with van der Waals surface area (Å²) in [5.41, 5.74) is 1.90. The number of pyridine rings is 1. The summed E-state index contributed by atoms with van der Waals surface area (Å²) in [6, 6.07) is 11.1. The van der Waals surface area contributed by atoms with Gasteiger partial charge in [-0.05, 0) is 56.5 Å². The summed E-state index contributed by atoms with van der Waals surface area (Å²) in [6.07, 6.45) is 6.83. The van der Waals surface area contributed by atoms with Crippen molar-refractivity contribution in [2.24, 2.45) is 0 Å². The highest BCUT2D eigenvalue weighted by atomic mass is 16.5. The third-order valence-corrected chi connectivity index (χ3v) is 3.73. The molecule has 0 N–H and O–H groups in total. The molecule has 0 saturated heterocycles. The van der Waals surface area contributed by atoms with Gasteiger partial charge >= 0.3 is 0 Å². The Kier molecular flexibility index (Phi) is 5.82. The largest absolute Gasteiger partial charge is 0.491 e. The molecule has 3 heteroatoms. The fraction of sp³-hybridized carbons (Fsp3) is 0.421. The van der Waals surface area contributed by atoms with Crippen LogP contribution in [0, 0.1) is 6.92 Å². The Bertz CT molecular complexity index is 643. The lowest BCUT2D eigenvalue weighted by Gasteiger charge is -2.15. The highest BCUT2D eigenvalue weighted by Gasteiger charge is 2.05. The van der Waals surface area contributed by atoms with E-state index in [1.54, 1.807) is 10.6 Å². The first-order valence-electron chi connectivity index (χ1n) is 8.06. The first kappa shape index (κ1) is 16.3. The number of aryl methyl sites for hydroxylation is 1. The van der Waals surface area contributed by atoms with E-state index in [0.717, 1.165) is 23.4 Å². The molecule has 0 aliphatic carbocycles. The molecule has 0 spiro atoms. The van der Waals surface area contributed by atoms with E-state index in [1.165, 1.54) is 19.3 Å². The summed E-state index contributed by atoms with van der Waals surface area (Å²) < 4.78 is 7.57. The highest BCUT2D eigenvalue weighted by Crippen LogP contribution is 2.17. The third-order valence-electron chi connectivity index (χ3n) is 3.73. The topological polar surface area (TPSA) is 31.2 Å². The third kappa shape index (κ3) is 4.48. The summed E-state index contributed by atoms with van der Waals surface area (Å²) in [5.74, 6) is 0.855. The minimum absolute atomic E-state index is 0.0211. The molecule has 1 unspecified atom stereocenters. The molecule has 22 heavy (non-hydrogen) atoms. The summed E-state index contributed by atoms with van der Waals surface area (Å²) in [7, 11) is 0. The second kappa shape index (κ2) is 7.83. The second-order valence-electron chi connectivity index (χ2n) is 5.83. The first-order chi connectivity index (χ1) is 10.6. The fourth-order valence-electron chi connectivity index (χ4n) is 2.45. The average Bonchev–Trinajstić information content (AvgIpc) is 2.51. The van der Waals surface area contributed by atoms with Crippen molar-refractivity contribution < 1.29 is 4.74 Å². The number of unbranched alkanes of at least 4 members (excludes halogenated alkanes) is 2. The molecule has 1 aromatic carbocycles. The van der Waals surface area contributed by atoms with Crippen LogP contribution in [0.25, 0.3) is 5.69 Å². The standard InChI is InChI=1S/C19H25NO2/c1-4-5-6-7-16(3)22-18-11-9-17(10-12-18)20-14-15(2)8-13-19(20)21/h8-14,16H,4-7H2,1-3H3. The quantitative estimate of drug-likeness (QED) is 0.705. The number of hydrogen-bond donors (Lipinski definition) is 0. The van der Waals surface area contributed by atoms with Gasteiger partial charge in [-0.15, -0.1) is 0 Å². The molecule has 3 nitrogen and oxygen atoms in total. The molecule has 118 valence electrons. The predicted octanol–water partition coefficient (Wildman–Crippen LogP) is 4.49. The summed E-state index contributed by atoms with van der Waals surface area (Å²) >= 11 is 0. The van der Waals surface area contributed by atoms with Crippen molar-refractivity contribution >= 4 is 0 Å². The van der Waals surface area contributed by atoms with Crippen molar-refractivity contribution in [1.82, 2.24) is 4.57 Å². The van der Waals surface area contributed by atoms with Gasteiger partial charge in [0.2, 0.25) is 0 Å². The first-order valence-corrected chi connectivity index (χ1v) is 8.06. The van der Waals surface area contributed by atoms with Crippen LogP contribution in [-0.2, 0) is 0 Å². The minimum Gasteiger partial charge on any atom is -0.491 e. The van der Waals surface area contributed by atoms with E-state index in [0.29, 0.717) is 0 Å². The number of aromatic nitrogens is 1. The molecule has 2 aromatic rings. The van der Waals surface area contributed by atoms with Gasteiger partial charge in [0.05, 0.1) is 6.10 Å². The Labute approximate surface area is 132 Å². The van der Waals surface area contributed by atoms with Crippen LogP contribution in [0.15, 0.2) is 47.4 Å². The maximum atomic E-state index is 11.9. The van der Waals surface area contributed by atoms with Gasteiger partial charge in [0.1, 0.15) is 5.75 Å². The predicted molar refractivity (Wildman–Crippen MR) is 91.0 cm³/mol. The molecule has 0 aliphatic rings. The van der Waals surface area contributed by atoms with Gasteiger partial charge in [-0.25, -0.2) is 0 Å². The van der Waals surface area contributed by atoms with E-state index in [-0.39, 0.29) is 11.7 Å². The molecule has 1 aromatic heterocycles. The molecule has 0 amide bonds. The van der Waals surface area contributed by atoms with Crippen molar-refractivity contribution in [3.63, 3.8) is 0 Å². The number of nitrogens with zero attached hydrogens (tertiary/aromatic N) is 1. The lowest BCUT2D eigenvalue weighted by atomic mass is 10.1. The van der Waals surface area contributed by atoms with Gasteiger partial charge in [0.25, 0.3) is 5.56 Å². The fourth-order valence-corrected chi connectivity index (χ4v) is 2.45. The van der Waals surface area contributed by atoms with Crippen molar-refractivity contribution in [3.8, 4) is 11.4 Å². The van der Waals surface area contributed by atoms with Crippen LogP contribution in [0.5, 0.6) is 5.75 Å². The summed E-state index contributed by atoms with van der Waals surface area (Å²) in [4.78, 5) is 11.9. The zero-order valence-corrected chi connectivity index (χ0v) is 13.7. The molecule has 0 saturated carbocycles. The Hall–Kier alpha value is -2.03. The van der Waals surface area contributed by atoms with Crippen molar-refractivity contribution in [2.45, 2.75) is 52.6 Å². The lowest BCUT2D eigenvalue weighted by Crippen LogP contribution is -2.16. The molecule has 0 bridgehead atoms. The summed E-state index contributed by atoms with van der Waals surface area (Å²) in [5, 5.41) is 0. The Morgan fingerprint density at radius 1 is 1.09 bits per heavy atom. The summed E-state index contributed by atoms with van der Waals surface area (Å²) in [6.45, 7) is 6.29. The maximum absolute atomic E-state index is 11.9. The highest BCUT2D eigenvalue weighted by molar-refractivity contribution is 5.38. The van der Waals surface area contributed by atoms with E-state index >= 15 is 0 Å². The lowest BCUT2D eigenvalue weighted by molar-refractivity contribution is 0.206. The SMILES string of the molecule is CCCCCC(C)Oc1ccc(-n2cc(C)ccc2=O)cc1. The Morgan fingerprint density at radius 2 is 1.82 bits per heavy atom. The molecular weight excluding hydrogens is 274 g/mol. The molecular formula is C19H25NO2. The van der Waals surface area contributed by atoms with Crippen LogP contribution >= 0.6 is 0 Å². The van der Waals surface area contributed by atoms with Crippen LogP contribution in [0.2, 0.25) is 0 Å². The number of ether oxygens (including phenoxy) is 1. The van der Waals surface area contributed by atoms with Gasteiger partial charge in [0.15, 0.2) is 0 Å². The minimum atomic E-state index is -0.0211.